The largest absolute Gasteiger partial charge is 0.481 e. The molecule has 0 fully saturated rings. The van der Waals surface area contributed by atoms with E-state index in [0.717, 1.165) is 16.8 Å². The molecule has 0 aliphatic rings. The average molecular weight is 241 g/mol. The van der Waals surface area contributed by atoms with E-state index in [1.54, 1.807) is 6.08 Å². The highest BCUT2D eigenvalue weighted by Gasteiger charge is 2.09. The maximum Gasteiger partial charge on any atom is 0.307 e. The Balaban J connectivity index is 2.41. The first kappa shape index (κ1) is 12.2. The minimum absolute atomic E-state index is 0.0456. The number of aromatic nitrogens is 1. The number of hydrogen-bond donors (Lipinski definition) is 1. The lowest BCUT2D eigenvalue weighted by molar-refractivity contribution is -0.136. The molecule has 0 saturated heterocycles. The molecule has 3 nitrogen and oxygen atoms in total. The molecule has 1 aromatic carbocycles. The molecule has 1 aromatic heterocycles. The molecule has 0 unspecified atom stereocenters. The van der Waals surface area contributed by atoms with Crippen molar-refractivity contribution in [1.29, 1.82) is 0 Å². The maximum absolute atomic E-state index is 10.8. The molecule has 0 radical (unpaired) electrons. The molecular weight excluding hydrogens is 226 g/mol. The van der Waals surface area contributed by atoms with Gasteiger partial charge in [0.1, 0.15) is 0 Å². The summed E-state index contributed by atoms with van der Waals surface area (Å²) in [4.78, 5) is 10.8. The summed E-state index contributed by atoms with van der Waals surface area (Å²) in [6.07, 6.45) is 3.72. The summed E-state index contributed by atoms with van der Waals surface area (Å²) >= 11 is 0. The lowest BCUT2D eigenvalue weighted by Crippen LogP contribution is -1.99. The van der Waals surface area contributed by atoms with Gasteiger partial charge in [0.05, 0.1) is 6.42 Å². The average Bonchev–Trinajstić information content (AvgIpc) is 2.73. The Morgan fingerprint density at radius 2 is 2.06 bits per heavy atom. The molecule has 2 aromatic rings. The Hall–Kier alpha value is -2.29. The summed E-state index contributed by atoms with van der Waals surface area (Å²) in [7, 11) is 0. The molecule has 0 aliphatic carbocycles. The quantitative estimate of drug-likeness (QED) is 0.818. The second-order valence-corrected chi connectivity index (χ2v) is 4.11. The van der Waals surface area contributed by atoms with E-state index < -0.39 is 5.97 Å². The Morgan fingerprint density at radius 3 is 2.67 bits per heavy atom. The first-order valence-electron chi connectivity index (χ1n) is 5.78. The molecule has 92 valence electrons. The van der Waals surface area contributed by atoms with Gasteiger partial charge >= 0.3 is 5.97 Å². The van der Waals surface area contributed by atoms with Crippen LogP contribution in [0.4, 0.5) is 0 Å². The second kappa shape index (κ2) is 5.36. The van der Waals surface area contributed by atoms with Crippen molar-refractivity contribution in [3.8, 4) is 11.3 Å². The van der Waals surface area contributed by atoms with E-state index in [1.165, 1.54) is 0 Å². The number of carbonyl (C=O) groups is 1. The Bertz CT molecular complexity index is 555. The molecule has 18 heavy (non-hydrogen) atoms. The monoisotopic (exact) mass is 241 g/mol. The number of allylic oxidation sites excluding steroid dienone is 1. The summed E-state index contributed by atoms with van der Waals surface area (Å²) in [5, 5.41) is 8.84. The first-order valence-corrected chi connectivity index (χ1v) is 5.78. The summed E-state index contributed by atoms with van der Waals surface area (Å²) < 4.78 is 2.01. The Morgan fingerprint density at radius 1 is 1.33 bits per heavy atom. The van der Waals surface area contributed by atoms with Gasteiger partial charge in [-0.05, 0) is 17.2 Å². The predicted molar refractivity (Wildman–Crippen MR) is 71.4 cm³/mol. The van der Waals surface area contributed by atoms with Crippen molar-refractivity contribution in [2.75, 3.05) is 0 Å². The van der Waals surface area contributed by atoms with E-state index in [0.29, 0.717) is 6.54 Å². The van der Waals surface area contributed by atoms with Crippen molar-refractivity contribution in [1.82, 2.24) is 4.57 Å². The molecular formula is C15H15NO2. The van der Waals surface area contributed by atoms with Crippen LogP contribution in [0.5, 0.6) is 0 Å². The maximum atomic E-state index is 10.8. The normalized spacial score (nSPS) is 10.2. The molecule has 0 aliphatic heterocycles. The van der Waals surface area contributed by atoms with Gasteiger partial charge in [-0.15, -0.1) is 6.58 Å². The summed E-state index contributed by atoms with van der Waals surface area (Å²) in [5.74, 6) is -0.814. The van der Waals surface area contributed by atoms with Gasteiger partial charge in [-0.2, -0.15) is 0 Å². The van der Waals surface area contributed by atoms with E-state index in [1.807, 2.05) is 47.2 Å². The zero-order valence-electron chi connectivity index (χ0n) is 10.0. The van der Waals surface area contributed by atoms with Crippen LogP contribution in [0.15, 0.2) is 55.3 Å². The molecule has 1 heterocycles. The van der Waals surface area contributed by atoms with Gasteiger partial charge in [-0.25, -0.2) is 0 Å². The van der Waals surface area contributed by atoms with Crippen LogP contribution < -0.4 is 0 Å². The molecule has 1 N–H and O–H groups in total. The van der Waals surface area contributed by atoms with Gasteiger partial charge in [-0.3, -0.25) is 4.79 Å². The fourth-order valence-electron chi connectivity index (χ4n) is 1.98. The third-order valence-corrected chi connectivity index (χ3v) is 2.70. The first-order chi connectivity index (χ1) is 8.70. The van der Waals surface area contributed by atoms with Gasteiger partial charge in [0.25, 0.3) is 0 Å². The topological polar surface area (TPSA) is 42.2 Å². The van der Waals surface area contributed by atoms with Crippen LogP contribution in [-0.2, 0) is 17.8 Å². The van der Waals surface area contributed by atoms with Crippen LogP contribution in [-0.4, -0.2) is 15.6 Å². The van der Waals surface area contributed by atoms with Crippen LogP contribution in [0.25, 0.3) is 11.3 Å². The third-order valence-electron chi connectivity index (χ3n) is 2.70. The number of benzene rings is 1. The van der Waals surface area contributed by atoms with E-state index in [2.05, 4.69) is 6.58 Å². The summed E-state index contributed by atoms with van der Waals surface area (Å²) in [6.45, 7) is 4.39. The fourth-order valence-corrected chi connectivity index (χ4v) is 1.98. The number of rotatable bonds is 5. The van der Waals surface area contributed by atoms with Crippen LogP contribution in [0.1, 0.15) is 5.56 Å². The summed E-state index contributed by atoms with van der Waals surface area (Å²) in [5.41, 5.74) is 2.91. The highest BCUT2D eigenvalue weighted by Crippen LogP contribution is 2.22. The Kier molecular flexibility index (Phi) is 3.63. The van der Waals surface area contributed by atoms with Gasteiger partial charge in [0.15, 0.2) is 0 Å². The van der Waals surface area contributed by atoms with Crippen LogP contribution in [0.3, 0.4) is 0 Å². The highest BCUT2D eigenvalue weighted by atomic mass is 16.4. The van der Waals surface area contributed by atoms with Gasteiger partial charge in [0.2, 0.25) is 0 Å². The number of hydrogen-bond acceptors (Lipinski definition) is 1. The number of carboxylic acid groups (broad SMARTS) is 1. The van der Waals surface area contributed by atoms with Crippen molar-refractivity contribution >= 4 is 5.97 Å². The van der Waals surface area contributed by atoms with E-state index >= 15 is 0 Å². The number of carboxylic acids is 1. The van der Waals surface area contributed by atoms with Crippen LogP contribution >= 0.6 is 0 Å². The lowest BCUT2D eigenvalue weighted by Gasteiger charge is -2.05. The molecule has 0 bridgehead atoms. The zero-order chi connectivity index (χ0) is 13.0. The molecule has 3 heteroatoms. The van der Waals surface area contributed by atoms with Crippen LogP contribution in [0, 0.1) is 0 Å². The molecule has 0 amide bonds. The van der Waals surface area contributed by atoms with Crippen LogP contribution in [0.2, 0.25) is 0 Å². The third kappa shape index (κ3) is 2.69. The van der Waals surface area contributed by atoms with Crippen molar-refractivity contribution in [3.05, 3.63) is 60.8 Å². The van der Waals surface area contributed by atoms with E-state index in [-0.39, 0.29) is 6.42 Å². The lowest BCUT2D eigenvalue weighted by atomic mass is 10.1. The zero-order valence-corrected chi connectivity index (χ0v) is 10.0. The standard InChI is InChI=1S/C15H15NO2/c1-2-8-16-11-12(10-15(17)18)9-14(16)13-6-4-3-5-7-13/h2-7,9,11H,1,8,10H2,(H,17,18). The fraction of sp³-hybridized carbons (Fsp3) is 0.133. The minimum Gasteiger partial charge on any atom is -0.481 e. The van der Waals surface area contributed by atoms with Gasteiger partial charge in [0, 0.05) is 18.4 Å². The van der Waals surface area contributed by atoms with Crippen molar-refractivity contribution in [3.63, 3.8) is 0 Å². The molecule has 2 rings (SSSR count). The number of nitrogens with zero attached hydrogens (tertiary/aromatic N) is 1. The van der Waals surface area contributed by atoms with E-state index in [4.69, 9.17) is 5.11 Å². The second-order valence-electron chi connectivity index (χ2n) is 4.11. The minimum atomic E-state index is -0.814. The Labute approximate surface area is 106 Å². The smallest absolute Gasteiger partial charge is 0.307 e. The predicted octanol–water partition coefficient (Wildman–Crippen LogP) is 2.97. The summed E-state index contributed by atoms with van der Waals surface area (Å²) in [6, 6.07) is 11.9. The van der Waals surface area contributed by atoms with E-state index in [9.17, 15) is 4.79 Å². The van der Waals surface area contributed by atoms with Crippen molar-refractivity contribution < 1.29 is 9.90 Å². The molecule has 0 spiro atoms. The van der Waals surface area contributed by atoms with Crippen molar-refractivity contribution in [2.24, 2.45) is 0 Å². The highest BCUT2D eigenvalue weighted by molar-refractivity contribution is 5.71. The van der Waals surface area contributed by atoms with Gasteiger partial charge in [-0.1, -0.05) is 36.4 Å². The molecule has 0 saturated carbocycles. The molecule has 0 atom stereocenters. The van der Waals surface area contributed by atoms with Gasteiger partial charge < -0.3 is 9.67 Å². The van der Waals surface area contributed by atoms with Crippen molar-refractivity contribution in [2.45, 2.75) is 13.0 Å². The SMILES string of the molecule is C=CCn1cc(CC(=O)O)cc1-c1ccccc1. The number of aliphatic carboxylic acids is 1.